The van der Waals surface area contributed by atoms with Gasteiger partial charge in [-0.15, -0.1) is 0 Å². The van der Waals surface area contributed by atoms with Crippen molar-refractivity contribution in [2.45, 2.75) is 39.3 Å². The van der Waals surface area contributed by atoms with E-state index in [1.807, 2.05) is 11.8 Å². The minimum atomic E-state index is -0.0764. The molecule has 1 aliphatic heterocycles. The summed E-state index contributed by atoms with van der Waals surface area (Å²) in [4.78, 5) is 5.52. The summed E-state index contributed by atoms with van der Waals surface area (Å²) in [5, 5.41) is 0. The summed E-state index contributed by atoms with van der Waals surface area (Å²) >= 11 is 2.00. The number of hydroxylamine groups is 1. The van der Waals surface area contributed by atoms with Gasteiger partial charge in [0, 0.05) is 11.8 Å². The third-order valence-electron chi connectivity index (χ3n) is 1.88. The van der Waals surface area contributed by atoms with Crippen LogP contribution in [0.4, 0.5) is 0 Å². The Morgan fingerprint density at radius 3 is 2.42 bits per heavy atom. The van der Waals surface area contributed by atoms with Gasteiger partial charge in [0.15, 0.2) is 0 Å². The molecule has 0 aromatic rings. The molecule has 1 N–H and O–H groups in total. The average Bonchev–Trinajstić information content (AvgIpc) is 2.29. The fourth-order valence-corrected chi connectivity index (χ4v) is 2.45. The van der Waals surface area contributed by atoms with Crippen LogP contribution in [0.25, 0.3) is 0 Å². The fourth-order valence-electron chi connectivity index (χ4n) is 1.06. The molecule has 0 saturated carbocycles. The van der Waals surface area contributed by atoms with E-state index in [0.29, 0.717) is 6.04 Å². The quantitative estimate of drug-likeness (QED) is 0.672. The van der Waals surface area contributed by atoms with E-state index < -0.39 is 0 Å². The molecular weight excluding hydrogens is 170 g/mol. The van der Waals surface area contributed by atoms with E-state index in [1.165, 1.54) is 11.5 Å². The summed E-state index contributed by atoms with van der Waals surface area (Å²) in [5.41, 5.74) is 3.07. The number of hydrogen-bond acceptors (Lipinski definition) is 3. The van der Waals surface area contributed by atoms with Crippen molar-refractivity contribution in [1.29, 1.82) is 0 Å². The Morgan fingerprint density at radius 1 is 1.33 bits per heavy atom. The molecule has 1 rings (SSSR count). The summed E-state index contributed by atoms with van der Waals surface area (Å²) in [6.07, 6.45) is 0. The molecular formula is C9H19NOS. The fraction of sp³-hybridized carbons (Fsp3) is 1.00. The lowest BCUT2D eigenvalue weighted by Crippen LogP contribution is -2.39. The van der Waals surface area contributed by atoms with Gasteiger partial charge in [0.05, 0.1) is 5.60 Å². The van der Waals surface area contributed by atoms with Crippen LogP contribution >= 0.6 is 11.8 Å². The standard InChI is InChI=1S/C9H19NOS/c1-7-5-12-6-8(7)10-11-9(2,3)4/h7-8,10H,5-6H2,1-4H3. The molecule has 0 aromatic heterocycles. The average molecular weight is 189 g/mol. The van der Waals surface area contributed by atoms with Gasteiger partial charge in [-0.25, -0.2) is 0 Å². The molecule has 12 heavy (non-hydrogen) atoms. The zero-order chi connectivity index (χ0) is 9.19. The molecule has 0 spiro atoms. The van der Waals surface area contributed by atoms with Crippen LogP contribution < -0.4 is 5.48 Å². The summed E-state index contributed by atoms with van der Waals surface area (Å²) in [7, 11) is 0. The van der Waals surface area contributed by atoms with Crippen molar-refractivity contribution < 1.29 is 4.84 Å². The highest BCUT2D eigenvalue weighted by Crippen LogP contribution is 2.24. The first-order valence-electron chi connectivity index (χ1n) is 4.50. The van der Waals surface area contributed by atoms with Crippen molar-refractivity contribution >= 4 is 11.8 Å². The van der Waals surface area contributed by atoms with E-state index in [4.69, 9.17) is 4.84 Å². The molecule has 1 saturated heterocycles. The smallest absolute Gasteiger partial charge is 0.0813 e. The molecule has 1 heterocycles. The topological polar surface area (TPSA) is 21.3 Å². The highest BCUT2D eigenvalue weighted by molar-refractivity contribution is 7.99. The highest BCUT2D eigenvalue weighted by Gasteiger charge is 2.25. The molecule has 72 valence electrons. The summed E-state index contributed by atoms with van der Waals surface area (Å²) in [6.45, 7) is 8.45. The largest absolute Gasteiger partial charge is 0.296 e. The minimum absolute atomic E-state index is 0.0764. The lowest BCUT2D eigenvalue weighted by molar-refractivity contribution is -0.0895. The SMILES string of the molecule is CC1CSCC1NOC(C)(C)C. The van der Waals surface area contributed by atoms with E-state index in [-0.39, 0.29) is 5.60 Å². The van der Waals surface area contributed by atoms with Crippen molar-refractivity contribution in [3.05, 3.63) is 0 Å². The normalized spacial score (nSPS) is 31.0. The Morgan fingerprint density at radius 2 is 2.00 bits per heavy atom. The van der Waals surface area contributed by atoms with Crippen molar-refractivity contribution in [2.75, 3.05) is 11.5 Å². The second-order valence-electron chi connectivity index (χ2n) is 4.45. The van der Waals surface area contributed by atoms with Crippen LogP contribution in [0.15, 0.2) is 0 Å². The second-order valence-corrected chi connectivity index (χ2v) is 5.53. The number of thioether (sulfide) groups is 1. The maximum Gasteiger partial charge on any atom is 0.0813 e. The van der Waals surface area contributed by atoms with Gasteiger partial charge in [0.25, 0.3) is 0 Å². The van der Waals surface area contributed by atoms with Crippen LogP contribution in [0.1, 0.15) is 27.7 Å². The van der Waals surface area contributed by atoms with Gasteiger partial charge in [-0.05, 0) is 32.4 Å². The molecule has 0 aliphatic carbocycles. The first-order chi connectivity index (χ1) is 5.49. The number of hydrogen-bond donors (Lipinski definition) is 1. The van der Waals surface area contributed by atoms with Crippen molar-refractivity contribution in [3.63, 3.8) is 0 Å². The molecule has 0 radical (unpaired) electrons. The third kappa shape index (κ3) is 3.33. The van der Waals surface area contributed by atoms with E-state index in [0.717, 1.165) is 5.92 Å². The second kappa shape index (κ2) is 3.99. The minimum Gasteiger partial charge on any atom is -0.296 e. The third-order valence-corrected chi connectivity index (χ3v) is 3.24. The monoisotopic (exact) mass is 189 g/mol. The maximum atomic E-state index is 5.52. The summed E-state index contributed by atoms with van der Waals surface area (Å²) in [5.74, 6) is 3.17. The van der Waals surface area contributed by atoms with Gasteiger partial charge in [-0.3, -0.25) is 4.84 Å². The maximum absolute atomic E-state index is 5.52. The predicted molar refractivity (Wildman–Crippen MR) is 54.3 cm³/mol. The molecule has 3 heteroatoms. The number of nitrogens with one attached hydrogen (secondary N) is 1. The van der Waals surface area contributed by atoms with E-state index in [9.17, 15) is 0 Å². The first kappa shape index (κ1) is 10.4. The lowest BCUT2D eigenvalue weighted by atomic mass is 10.1. The lowest BCUT2D eigenvalue weighted by Gasteiger charge is -2.24. The van der Waals surface area contributed by atoms with Crippen LogP contribution in [0.5, 0.6) is 0 Å². The van der Waals surface area contributed by atoms with Crippen molar-refractivity contribution in [2.24, 2.45) is 5.92 Å². The zero-order valence-corrected chi connectivity index (χ0v) is 9.20. The zero-order valence-electron chi connectivity index (χ0n) is 8.39. The van der Waals surface area contributed by atoms with E-state index in [1.54, 1.807) is 0 Å². The Kier molecular flexibility index (Phi) is 3.44. The summed E-state index contributed by atoms with van der Waals surface area (Å²) < 4.78 is 0. The highest BCUT2D eigenvalue weighted by atomic mass is 32.2. The molecule has 2 nitrogen and oxygen atoms in total. The van der Waals surface area contributed by atoms with Crippen molar-refractivity contribution in [1.82, 2.24) is 5.48 Å². The van der Waals surface area contributed by atoms with E-state index >= 15 is 0 Å². The molecule has 2 unspecified atom stereocenters. The van der Waals surface area contributed by atoms with Gasteiger partial charge in [-0.1, -0.05) is 6.92 Å². The molecule has 0 amide bonds. The Labute approximate surface area is 79.4 Å². The number of rotatable bonds is 2. The Balaban J connectivity index is 2.23. The van der Waals surface area contributed by atoms with Gasteiger partial charge < -0.3 is 0 Å². The van der Waals surface area contributed by atoms with Crippen LogP contribution in [0.3, 0.4) is 0 Å². The van der Waals surface area contributed by atoms with Crippen LogP contribution in [-0.2, 0) is 4.84 Å². The molecule has 2 atom stereocenters. The van der Waals surface area contributed by atoms with Gasteiger partial charge in [0.2, 0.25) is 0 Å². The van der Waals surface area contributed by atoms with Gasteiger partial charge >= 0.3 is 0 Å². The predicted octanol–water partition coefficient (Wildman–Crippen LogP) is 2.06. The van der Waals surface area contributed by atoms with E-state index in [2.05, 4.69) is 33.2 Å². The van der Waals surface area contributed by atoms with Gasteiger partial charge in [-0.2, -0.15) is 17.2 Å². The summed E-state index contributed by atoms with van der Waals surface area (Å²) in [6, 6.07) is 0.536. The van der Waals surface area contributed by atoms with Gasteiger partial charge in [0.1, 0.15) is 0 Å². The van der Waals surface area contributed by atoms with Crippen LogP contribution in [-0.4, -0.2) is 23.1 Å². The molecule has 1 fully saturated rings. The van der Waals surface area contributed by atoms with Crippen LogP contribution in [0.2, 0.25) is 0 Å². The first-order valence-corrected chi connectivity index (χ1v) is 5.66. The Hall–Kier alpha value is 0.270. The van der Waals surface area contributed by atoms with Crippen LogP contribution in [0, 0.1) is 5.92 Å². The van der Waals surface area contributed by atoms with Crippen molar-refractivity contribution in [3.8, 4) is 0 Å². The molecule has 0 bridgehead atoms. The molecule has 1 aliphatic rings. The Bertz CT molecular complexity index is 144. The molecule has 0 aromatic carbocycles.